The molecule has 0 bridgehead atoms. The van der Waals surface area contributed by atoms with Gasteiger partial charge in [0.2, 0.25) is 0 Å². The number of benzene rings is 1. The van der Waals surface area contributed by atoms with Crippen molar-refractivity contribution in [1.82, 2.24) is 5.32 Å². The minimum Gasteiger partial charge on any atom is -0.480 e. The second kappa shape index (κ2) is 5.29. The highest BCUT2D eigenvalue weighted by Gasteiger charge is 2.18. The molecule has 2 N–H and O–H groups in total. The third kappa shape index (κ3) is 2.94. The number of aryl methyl sites for hydroxylation is 1. The fourth-order valence-corrected chi connectivity index (χ4v) is 2.13. The van der Waals surface area contributed by atoms with Crippen LogP contribution < -0.4 is 5.32 Å². The predicted molar refractivity (Wildman–Crippen MR) is 68.5 cm³/mol. The van der Waals surface area contributed by atoms with Gasteiger partial charge in [0, 0.05) is 3.57 Å². The number of carboxylic acids is 1. The zero-order valence-electron chi connectivity index (χ0n) is 8.95. The van der Waals surface area contributed by atoms with Crippen LogP contribution in [0.3, 0.4) is 0 Å². The maximum atomic E-state index is 11.8. The molecule has 1 aromatic rings. The van der Waals surface area contributed by atoms with E-state index in [2.05, 4.69) is 27.9 Å². The molecule has 86 valence electrons. The summed E-state index contributed by atoms with van der Waals surface area (Å²) < 4.78 is 0.813. The highest BCUT2D eigenvalue weighted by atomic mass is 127. The summed E-state index contributed by atoms with van der Waals surface area (Å²) in [6.45, 7) is 3.26. The summed E-state index contributed by atoms with van der Waals surface area (Å²) in [7, 11) is 0. The fourth-order valence-electron chi connectivity index (χ4n) is 1.25. The lowest BCUT2D eigenvalue weighted by molar-refractivity contribution is -0.138. The molecule has 0 saturated heterocycles. The number of rotatable bonds is 3. The van der Waals surface area contributed by atoms with Gasteiger partial charge in [-0.25, -0.2) is 0 Å². The summed E-state index contributed by atoms with van der Waals surface area (Å²) in [4.78, 5) is 22.4. The molecule has 0 heterocycles. The standard InChI is InChI=1S/C11H12INO3/c1-6-4-3-5-8(12)9(6)10(14)13-7(2)11(15)16/h3-5,7H,1-2H3,(H,13,14)(H,15,16). The minimum absolute atomic E-state index is 0.350. The maximum Gasteiger partial charge on any atom is 0.325 e. The number of nitrogens with one attached hydrogen (secondary N) is 1. The van der Waals surface area contributed by atoms with E-state index in [1.165, 1.54) is 6.92 Å². The normalized spacial score (nSPS) is 11.9. The lowest BCUT2D eigenvalue weighted by Gasteiger charge is -2.12. The minimum atomic E-state index is -1.04. The Morgan fingerprint density at radius 2 is 2.06 bits per heavy atom. The first-order valence-corrected chi connectivity index (χ1v) is 5.80. The predicted octanol–water partition coefficient (Wildman–Crippen LogP) is 1.80. The number of hydrogen-bond acceptors (Lipinski definition) is 2. The van der Waals surface area contributed by atoms with Crippen LogP contribution in [0.15, 0.2) is 18.2 Å². The van der Waals surface area contributed by atoms with Crippen molar-refractivity contribution in [3.8, 4) is 0 Å². The van der Waals surface area contributed by atoms with Crippen LogP contribution in [-0.2, 0) is 4.79 Å². The van der Waals surface area contributed by atoms with Crippen LogP contribution in [-0.4, -0.2) is 23.0 Å². The lowest BCUT2D eigenvalue weighted by Crippen LogP contribution is -2.38. The van der Waals surface area contributed by atoms with Crippen LogP contribution in [0, 0.1) is 10.5 Å². The molecule has 0 aliphatic carbocycles. The van der Waals surface area contributed by atoms with E-state index < -0.39 is 12.0 Å². The van der Waals surface area contributed by atoms with Crippen molar-refractivity contribution < 1.29 is 14.7 Å². The zero-order chi connectivity index (χ0) is 12.3. The Bertz CT molecular complexity index is 411. The number of aliphatic carboxylic acids is 1. The molecule has 1 unspecified atom stereocenters. The fraction of sp³-hybridized carbons (Fsp3) is 0.273. The highest BCUT2D eigenvalue weighted by molar-refractivity contribution is 14.1. The first-order valence-electron chi connectivity index (χ1n) is 4.72. The summed E-state index contributed by atoms with van der Waals surface area (Å²) in [5, 5.41) is 11.1. The third-order valence-electron chi connectivity index (χ3n) is 2.17. The van der Waals surface area contributed by atoms with Gasteiger partial charge in [0.25, 0.3) is 5.91 Å². The van der Waals surface area contributed by atoms with Crippen molar-refractivity contribution in [2.75, 3.05) is 0 Å². The smallest absolute Gasteiger partial charge is 0.325 e. The molecule has 0 aliphatic rings. The van der Waals surface area contributed by atoms with Crippen LogP contribution in [0.1, 0.15) is 22.8 Å². The van der Waals surface area contributed by atoms with Crippen LogP contribution in [0.5, 0.6) is 0 Å². The van der Waals surface area contributed by atoms with Gasteiger partial charge in [-0.15, -0.1) is 0 Å². The molecule has 0 fully saturated rings. The van der Waals surface area contributed by atoms with E-state index >= 15 is 0 Å². The molecule has 1 aromatic carbocycles. The summed E-state index contributed by atoms with van der Waals surface area (Å²) in [6, 6.07) is 4.60. The van der Waals surface area contributed by atoms with Crippen molar-refractivity contribution >= 4 is 34.5 Å². The van der Waals surface area contributed by atoms with Crippen molar-refractivity contribution in [3.05, 3.63) is 32.9 Å². The Morgan fingerprint density at radius 3 is 2.56 bits per heavy atom. The molecule has 1 rings (SSSR count). The van der Waals surface area contributed by atoms with Crippen LogP contribution in [0.2, 0.25) is 0 Å². The molecule has 16 heavy (non-hydrogen) atoms. The van der Waals surface area contributed by atoms with Crippen LogP contribution >= 0.6 is 22.6 Å². The number of carbonyl (C=O) groups excluding carboxylic acids is 1. The van der Waals surface area contributed by atoms with E-state index in [0.29, 0.717) is 5.56 Å². The summed E-state index contributed by atoms with van der Waals surface area (Å²) in [6.07, 6.45) is 0. The van der Waals surface area contributed by atoms with Crippen LogP contribution in [0.25, 0.3) is 0 Å². The molecule has 1 atom stereocenters. The molecule has 4 nitrogen and oxygen atoms in total. The van der Waals surface area contributed by atoms with Crippen molar-refractivity contribution in [1.29, 1.82) is 0 Å². The Kier molecular flexibility index (Phi) is 4.28. The number of carboxylic acid groups (broad SMARTS) is 1. The van der Waals surface area contributed by atoms with Gasteiger partial charge in [0.1, 0.15) is 6.04 Å². The highest BCUT2D eigenvalue weighted by Crippen LogP contribution is 2.16. The van der Waals surface area contributed by atoms with E-state index in [-0.39, 0.29) is 5.91 Å². The van der Waals surface area contributed by atoms with Gasteiger partial charge in [0.05, 0.1) is 5.56 Å². The Hall–Kier alpha value is -1.11. The molecule has 0 aromatic heterocycles. The van der Waals surface area contributed by atoms with Gasteiger partial charge in [-0.05, 0) is 48.1 Å². The average molecular weight is 333 g/mol. The second-order valence-electron chi connectivity index (χ2n) is 3.47. The molecule has 1 amide bonds. The molecule has 0 saturated carbocycles. The monoisotopic (exact) mass is 333 g/mol. The lowest BCUT2D eigenvalue weighted by atomic mass is 10.1. The second-order valence-corrected chi connectivity index (χ2v) is 4.63. The zero-order valence-corrected chi connectivity index (χ0v) is 11.1. The molecule has 0 spiro atoms. The van der Waals surface area contributed by atoms with Gasteiger partial charge in [0.15, 0.2) is 0 Å². The summed E-state index contributed by atoms with van der Waals surface area (Å²) >= 11 is 2.06. The van der Waals surface area contributed by atoms with Gasteiger partial charge in [-0.1, -0.05) is 12.1 Å². The quantitative estimate of drug-likeness (QED) is 0.829. The van der Waals surface area contributed by atoms with Gasteiger partial charge < -0.3 is 10.4 Å². The van der Waals surface area contributed by atoms with Crippen molar-refractivity contribution in [3.63, 3.8) is 0 Å². The molecule has 5 heteroatoms. The van der Waals surface area contributed by atoms with Crippen molar-refractivity contribution in [2.45, 2.75) is 19.9 Å². The van der Waals surface area contributed by atoms with Crippen molar-refractivity contribution in [2.24, 2.45) is 0 Å². The summed E-state index contributed by atoms with van der Waals surface area (Å²) in [5.74, 6) is -1.39. The topological polar surface area (TPSA) is 66.4 Å². The number of amides is 1. The first kappa shape index (κ1) is 13.0. The first-order chi connectivity index (χ1) is 7.43. The SMILES string of the molecule is Cc1cccc(I)c1C(=O)NC(C)C(=O)O. The Morgan fingerprint density at radius 1 is 1.44 bits per heavy atom. The maximum absolute atomic E-state index is 11.8. The molecular formula is C11H12INO3. The van der Waals surface area contributed by atoms with E-state index in [9.17, 15) is 9.59 Å². The van der Waals surface area contributed by atoms with E-state index in [1.54, 1.807) is 0 Å². The number of carbonyl (C=O) groups is 2. The Labute approximate surface area is 107 Å². The summed E-state index contributed by atoms with van der Waals surface area (Å²) in [5.41, 5.74) is 1.37. The third-order valence-corrected chi connectivity index (χ3v) is 3.07. The van der Waals surface area contributed by atoms with Gasteiger partial charge in [-0.2, -0.15) is 0 Å². The Balaban J connectivity index is 2.93. The van der Waals surface area contributed by atoms with Gasteiger partial charge >= 0.3 is 5.97 Å². The molecule has 0 radical (unpaired) electrons. The number of hydrogen-bond donors (Lipinski definition) is 2. The largest absolute Gasteiger partial charge is 0.480 e. The molecule has 0 aliphatic heterocycles. The van der Waals surface area contributed by atoms with Crippen LogP contribution in [0.4, 0.5) is 0 Å². The van der Waals surface area contributed by atoms with Gasteiger partial charge in [-0.3, -0.25) is 9.59 Å². The molecular weight excluding hydrogens is 321 g/mol. The van der Waals surface area contributed by atoms with E-state index in [4.69, 9.17) is 5.11 Å². The number of halogens is 1. The van der Waals surface area contributed by atoms with E-state index in [0.717, 1.165) is 9.13 Å². The van der Waals surface area contributed by atoms with E-state index in [1.807, 2.05) is 25.1 Å². The average Bonchev–Trinajstić information content (AvgIpc) is 2.16.